The first-order valence-electron chi connectivity index (χ1n) is 11.1. The van der Waals surface area contributed by atoms with E-state index in [2.05, 4.69) is 25.5 Å². The number of amides is 1. The molecule has 4 rings (SSSR count). The fourth-order valence-electron chi connectivity index (χ4n) is 3.91. The molecule has 35 heavy (non-hydrogen) atoms. The van der Waals surface area contributed by atoms with Crippen molar-refractivity contribution in [3.8, 4) is 0 Å². The number of morpholine rings is 1. The van der Waals surface area contributed by atoms with Crippen LogP contribution in [0.2, 0.25) is 10.0 Å². The Hall–Kier alpha value is -2.69. The molecule has 1 aliphatic rings. The largest absolute Gasteiger partial charge is 0.400 e. The number of aromatic amines is 1. The fourth-order valence-corrected chi connectivity index (χ4v) is 4.36. The Balaban J connectivity index is 1.49. The van der Waals surface area contributed by atoms with Crippen molar-refractivity contribution in [3.63, 3.8) is 0 Å². The molecule has 2 heterocycles. The molecule has 0 aliphatic carbocycles. The Morgan fingerprint density at radius 2 is 1.94 bits per heavy atom. The number of rotatable bonds is 7. The number of anilines is 3. The zero-order chi connectivity index (χ0) is 25.2. The summed E-state index contributed by atoms with van der Waals surface area (Å²) in [6.07, 6.45) is -4.91. The third-order valence-electron chi connectivity index (χ3n) is 5.77. The Bertz CT molecular complexity index is 1210. The van der Waals surface area contributed by atoms with E-state index < -0.39 is 18.0 Å². The number of halogens is 5. The highest BCUT2D eigenvalue weighted by atomic mass is 35.5. The highest BCUT2D eigenvalue weighted by Crippen LogP contribution is 2.33. The lowest BCUT2D eigenvalue weighted by Crippen LogP contribution is -2.38. The molecular formula is C23H24Cl2F3N5O2. The third-order valence-corrected chi connectivity index (χ3v) is 6.41. The molecule has 1 aromatic heterocycles. The maximum atomic E-state index is 13.0. The fraction of sp³-hybridized carbons (Fsp3) is 0.391. The molecule has 0 bridgehead atoms. The first-order valence-corrected chi connectivity index (χ1v) is 11.8. The van der Waals surface area contributed by atoms with Gasteiger partial charge in [-0.05, 0) is 36.2 Å². The van der Waals surface area contributed by atoms with E-state index in [4.69, 9.17) is 27.9 Å². The number of nitrogens with one attached hydrogen (secondary N) is 3. The van der Waals surface area contributed by atoms with E-state index in [1.54, 1.807) is 24.3 Å². The van der Waals surface area contributed by atoms with Gasteiger partial charge in [-0.3, -0.25) is 4.79 Å². The van der Waals surface area contributed by atoms with Gasteiger partial charge in [0, 0.05) is 19.6 Å². The molecule has 1 amide bonds. The molecule has 0 radical (unpaired) electrons. The summed E-state index contributed by atoms with van der Waals surface area (Å²) in [5.41, 5.74) is 3.37. The van der Waals surface area contributed by atoms with Gasteiger partial charge in [0.05, 0.1) is 45.7 Å². The van der Waals surface area contributed by atoms with Crippen LogP contribution in [-0.2, 0) is 16.1 Å². The molecule has 2 aromatic carbocycles. The SMILES string of the molecule is CCC(C(=O)NCc1ccc(Cl)c(Nc2nc3cc(N4CCOCC4)c(Cl)cc3[nH]2)c1)C(F)(F)F. The number of H-pyrrole nitrogens is 1. The average Bonchev–Trinajstić information content (AvgIpc) is 3.20. The van der Waals surface area contributed by atoms with Crippen molar-refractivity contribution >= 4 is 57.5 Å². The molecule has 7 nitrogen and oxygen atoms in total. The van der Waals surface area contributed by atoms with Crippen molar-refractivity contribution in [1.29, 1.82) is 0 Å². The van der Waals surface area contributed by atoms with Gasteiger partial charge in [-0.1, -0.05) is 36.2 Å². The van der Waals surface area contributed by atoms with Crippen molar-refractivity contribution < 1.29 is 22.7 Å². The van der Waals surface area contributed by atoms with Gasteiger partial charge < -0.3 is 25.3 Å². The van der Waals surface area contributed by atoms with Gasteiger partial charge in [0.2, 0.25) is 11.9 Å². The number of hydrogen-bond acceptors (Lipinski definition) is 5. The van der Waals surface area contributed by atoms with Gasteiger partial charge >= 0.3 is 6.18 Å². The zero-order valence-corrected chi connectivity index (χ0v) is 20.3. The van der Waals surface area contributed by atoms with Crippen molar-refractivity contribution in [2.24, 2.45) is 5.92 Å². The average molecular weight is 530 g/mol. The third kappa shape index (κ3) is 5.94. The van der Waals surface area contributed by atoms with Gasteiger partial charge in [-0.15, -0.1) is 0 Å². The molecule has 188 valence electrons. The molecule has 1 aliphatic heterocycles. The number of imidazole rings is 1. The zero-order valence-electron chi connectivity index (χ0n) is 18.8. The molecule has 1 fully saturated rings. The predicted molar refractivity (Wildman–Crippen MR) is 131 cm³/mol. The highest BCUT2D eigenvalue weighted by Gasteiger charge is 2.43. The summed E-state index contributed by atoms with van der Waals surface area (Å²) in [5, 5.41) is 6.42. The molecule has 3 aromatic rings. The van der Waals surface area contributed by atoms with E-state index >= 15 is 0 Å². The van der Waals surface area contributed by atoms with Gasteiger partial charge in [-0.25, -0.2) is 4.98 Å². The number of carbonyl (C=O) groups is 1. The van der Waals surface area contributed by atoms with Gasteiger partial charge in [0.1, 0.15) is 5.92 Å². The number of carbonyl (C=O) groups excluding carboxylic acids is 1. The summed E-state index contributed by atoms with van der Waals surface area (Å²) in [6, 6.07) is 8.59. The summed E-state index contributed by atoms with van der Waals surface area (Å²) in [7, 11) is 0. The molecule has 0 saturated carbocycles. The summed E-state index contributed by atoms with van der Waals surface area (Å²) < 4.78 is 44.4. The lowest BCUT2D eigenvalue weighted by Gasteiger charge is -2.29. The smallest absolute Gasteiger partial charge is 0.378 e. The molecule has 1 saturated heterocycles. The van der Waals surface area contributed by atoms with Crippen LogP contribution < -0.4 is 15.5 Å². The minimum absolute atomic E-state index is 0.0735. The van der Waals surface area contributed by atoms with Crippen molar-refractivity contribution in [2.45, 2.75) is 26.1 Å². The van der Waals surface area contributed by atoms with E-state index in [-0.39, 0.29) is 13.0 Å². The Labute approximate surface area is 209 Å². The molecule has 0 spiro atoms. The number of aromatic nitrogens is 2. The second-order valence-electron chi connectivity index (χ2n) is 8.17. The topological polar surface area (TPSA) is 82.3 Å². The maximum absolute atomic E-state index is 13.0. The Morgan fingerprint density at radius 3 is 2.63 bits per heavy atom. The second kappa shape index (κ2) is 10.5. The molecule has 3 N–H and O–H groups in total. The lowest BCUT2D eigenvalue weighted by atomic mass is 10.1. The van der Waals surface area contributed by atoms with Crippen LogP contribution >= 0.6 is 23.2 Å². The Kier molecular flexibility index (Phi) is 7.63. The number of ether oxygens (including phenoxy) is 1. The Morgan fingerprint density at radius 1 is 1.20 bits per heavy atom. The number of benzene rings is 2. The monoisotopic (exact) mass is 529 g/mol. The van der Waals surface area contributed by atoms with E-state index in [1.165, 1.54) is 6.92 Å². The highest BCUT2D eigenvalue weighted by molar-refractivity contribution is 6.34. The number of hydrogen-bond donors (Lipinski definition) is 3. The predicted octanol–water partition coefficient (Wildman–Crippen LogP) is 5.65. The molecule has 1 atom stereocenters. The van der Waals surface area contributed by atoms with Gasteiger partial charge in [0.25, 0.3) is 0 Å². The molecule has 1 unspecified atom stereocenters. The number of fused-ring (bicyclic) bond motifs is 1. The van der Waals surface area contributed by atoms with E-state index in [0.29, 0.717) is 46.0 Å². The number of alkyl halides is 3. The van der Waals surface area contributed by atoms with Crippen LogP contribution in [0.1, 0.15) is 18.9 Å². The van der Waals surface area contributed by atoms with E-state index in [0.717, 1.165) is 24.3 Å². The van der Waals surface area contributed by atoms with Crippen LogP contribution in [0.4, 0.5) is 30.5 Å². The number of nitrogens with zero attached hydrogens (tertiary/aromatic N) is 2. The second-order valence-corrected chi connectivity index (χ2v) is 8.98. The van der Waals surface area contributed by atoms with Gasteiger partial charge in [0.15, 0.2) is 0 Å². The quantitative estimate of drug-likeness (QED) is 0.368. The van der Waals surface area contributed by atoms with Crippen LogP contribution in [0, 0.1) is 5.92 Å². The van der Waals surface area contributed by atoms with Crippen LogP contribution in [0.5, 0.6) is 0 Å². The minimum atomic E-state index is -4.59. The summed E-state index contributed by atoms with van der Waals surface area (Å²) in [4.78, 5) is 21.9. The van der Waals surface area contributed by atoms with E-state index in [9.17, 15) is 18.0 Å². The standard InChI is InChI=1S/C23H24Cl2F3N5O2/c1-2-14(23(26,27)28)21(34)29-12-13-3-4-15(24)17(9-13)30-22-31-18-10-16(25)20(11-19(18)32-22)33-5-7-35-8-6-33/h3-4,9-11,14H,2,5-8,12H2,1H3,(H,29,34)(H2,30,31,32). The molecular weight excluding hydrogens is 506 g/mol. The van der Waals surface area contributed by atoms with E-state index in [1.807, 2.05) is 6.07 Å². The van der Waals surface area contributed by atoms with Crippen LogP contribution in [0.3, 0.4) is 0 Å². The lowest BCUT2D eigenvalue weighted by molar-refractivity contribution is -0.183. The van der Waals surface area contributed by atoms with Gasteiger partial charge in [-0.2, -0.15) is 13.2 Å². The molecule has 12 heteroatoms. The van der Waals surface area contributed by atoms with Crippen LogP contribution in [-0.4, -0.2) is 48.4 Å². The van der Waals surface area contributed by atoms with Crippen LogP contribution in [0.15, 0.2) is 30.3 Å². The summed E-state index contributed by atoms with van der Waals surface area (Å²) in [5.74, 6) is -2.69. The summed E-state index contributed by atoms with van der Waals surface area (Å²) >= 11 is 12.8. The van der Waals surface area contributed by atoms with Crippen molar-refractivity contribution in [1.82, 2.24) is 15.3 Å². The minimum Gasteiger partial charge on any atom is -0.378 e. The normalized spacial score (nSPS) is 15.3. The van der Waals surface area contributed by atoms with Crippen molar-refractivity contribution in [2.75, 3.05) is 36.5 Å². The van der Waals surface area contributed by atoms with Crippen molar-refractivity contribution in [3.05, 3.63) is 45.9 Å². The van der Waals surface area contributed by atoms with Crippen LogP contribution in [0.25, 0.3) is 11.0 Å². The maximum Gasteiger partial charge on any atom is 0.400 e. The summed E-state index contributed by atoms with van der Waals surface area (Å²) in [6.45, 7) is 3.99. The first kappa shape index (κ1) is 25.4. The first-order chi connectivity index (χ1) is 16.7.